The summed E-state index contributed by atoms with van der Waals surface area (Å²) in [7, 11) is 0. The lowest BCUT2D eigenvalue weighted by Crippen LogP contribution is -2.45. The van der Waals surface area contributed by atoms with Gasteiger partial charge in [-0.05, 0) is 63.8 Å². The van der Waals surface area contributed by atoms with E-state index in [9.17, 15) is 22.8 Å². The van der Waals surface area contributed by atoms with Gasteiger partial charge in [-0.3, -0.25) is 9.59 Å². The fraction of sp³-hybridized carbons (Fsp3) is 0.367. The molecule has 11 heteroatoms. The second kappa shape index (κ2) is 11.3. The highest BCUT2D eigenvalue weighted by molar-refractivity contribution is 9.10. The lowest BCUT2D eigenvalue weighted by molar-refractivity contribution is -0.126. The summed E-state index contributed by atoms with van der Waals surface area (Å²) in [6.07, 6.45) is -2.07. The molecule has 0 saturated carbocycles. The Morgan fingerprint density at radius 2 is 1.88 bits per heavy atom. The van der Waals surface area contributed by atoms with Crippen LogP contribution in [-0.4, -0.2) is 63.7 Å². The zero-order chi connectivity index (χ0) is 29.5. The quantitative estimate of drug-likeness (QED) is 0.337. The summed E-state index contributed by atoms with van der Waals surface area (Å²) in [4.78, 5) is 30.0. The fourth-order valence-electron chi connectivity index (χ4n) is 5.54. The number of nitrogens with one attached hydrogen (secondary N) is 1. The second-order valence-corrected chi connectivity index (χ2v) is 11.5. The Morgan fingerprint density at radius 3 is 2.54 bits per heavy atom. The molecule has 0 radical (unpaired) electrons. The van der Waals surface area contributed by atoms with Crippen molar-refractivity contribution in [3.63, 3.8) is 0 Å². The Bertz CT molecular complexity index is 1480. The normalized spacial score (nSPS) is 16.8. The lowest BCUT2D eigenvalue weighted by Gasteiger charge is -2.38. The van der Waals surface area contributed by atoms with E-state index in [4.69, 9.17) is 5.10 Å². The summed E-state index contributed by atoms with van der Waals surface area (Å²) in [5.41, 5.74) is 5.36. The summed E-state index contributed by atoms with van der Waals surface area (Å²) in [6, 6.07) is 12.4. The average Bonchev–Trinajstić information content (AvgIpc) is 3.21. The van der Waals surface area contributed by atoms with Gasteiger partial charge in [-0.15, -0.1) is 0 Å². The maximum absolute atomic E-state index is 13.9. The number of nitrogens with zero attached hydrogens (tertiary/aromatic N) is 4. The maximum atomic E-state index is 13.9. The van der Waals surface area contributed by atoms with E-state index >= 15 is 0 Å². The molecule has 7 nitrogen and oxygen atoms in total. The molecule has 3 heterocycles. The SMILES string of the molecule is C=CC(=O)N1CCc2nn(-c3ccc(C(C)C)cc3)c3c2C(C1)N(C(=O)c1ccc(Br)c(NCC(F)(F)F)c1)CC3. The monoisotopic (exact) mass is 629 g/mol. The lowest BCUT2D eigenvalue weighted by atomic mass is 9.94. The molecule has 1 N–H and O–H groups in total. The Morgan fingerprint density at radius 1 is 1.15 bits per heavy atom. The minimum atomic E-state index is -4.41. The van der Waals surface area contributed by atoms with E-state index in [1.807, 2.05) is 4.68 Å². The summed E-state index contributed by atoms with van der Waals surface area (Å²) in [5, 5.41) is 7.33. The van der Waals surface area contributed by atoms with Crippen molar-refractivity contribution in [2.24, 2.45) is 0 Å². The zero-order valence-corrected chi connectivity index (χ0v) is 24.4. The van der Waals surface area contributed by atoms with Crippen molar-refractivity contribution in [3.05, 3.63) is 87.7 Å². The first-order valence-electron chi connectivity index (χ1n) is 13.5. The molecular formula is C30H31BrF3N5O2. The third-order valence-corrected chi connectivity index (χ3v) is 8.34. The summed E-state index contributed by atoms with van der Waals surface area (Å²) >= 11 is 3.27. The number of alkyl halides is 3. The number of rotatable bonds is 6. The van der Waals surface area contributed by atoms with Gasteiger partial charge in [0.15, 0.2) is 0 Å². The van der Waals surface area contributed by atoms with Crippen molar-refractivity contribution in [1.29, 1.82) is 0 Å². The first-order valence-corrected chi connectivity index (χ1v) is 14.3. The molecule has 0 spiro atoms. The van der Waals surface area contributed by atoms with Gasteiger partial charge in [-0.2, -0.15) is 18.3 Å². The molecule has 216 valence electrons. The summed E-state index contributed by atoms with van der Waals surface area (Å²) in [6.45, 7) is 7.75. The van der Waals surface area contributed by atoms with Gasteiger partial charge in [0.05, 0.1) is 23.1 Å². The van der Waals surface area contributed by atoms with Crippen molar-refractivity contribution >= 4 is 33.4 Å². The van der Waals surface area contributed by atoms with E-state index in [1.165, 1.54) is 17.7 Å². The van der Waals surface area contributed by atoms with Crippen LogP contribution in [0.1, 0.15) is 58.7 Å². The first kappa shape index (κ1) is 28.9. The zero-order valence-electron chi connectivity index (χ0n) is 22.8. The maximum Gasteiger partial charge on any atom is 0.405 e. The van der Waals surface area contributed by atoms with E-state index in [1.54, 1.807) is 21.9 Å². The molecule has 2 amide bonds. The predicted molar refractivity (Wildman–Crippen MR) is 154 cm³/mol. The van der Waals surface area contributed by atoms with Crippen LogP contribution < -0.4 is 5.32 Å². The highest BCUT2D eigenvalue weighted by Gasteiger charge is 2.40. The number of amides is 2. The Kier molecular flexibility index (Phi) is 8.00. The molecule has 5 rings (SSSR count). The number of benzene rings is 2. The molecule has 0 saturated heterocycles. The predicted octanol–water partition coefficient (Wildman–Crippen LogP) is 6.04. The smallest absolute Gasteiger partial charge is 0.376 e. The molecule has 2 aromatic carbocycles. The van der Waals surface area contributed by atoms with Crippen molar-refractivity contribution in [2.45, 2.75) is 44.8 Å². The molecule has 1 aromatic heterocycles. The molecule has 0 aliphatic carbocycles. The van der Waals surface area contributed by atoms with Gasteiger partial charge in [-0.1, -0.05) is 32.6 Å². The molecule has 0 fully saturated rings. The van der Waals surface area contributed by atoms with Crippen LogP contribution in [0.25, 0.3) is 5.69 Å². The Hall–Kier alpha value is -3.60. The van der Waals surface area contributed by atoms with Crippen LogP contribution >= 0.6 is 15.9 Å². The topological polar surface area (TPSA) is 70.5 Å². The van der Waals surface area contributed by atoms with Gasteiger partial charge in [0.2, 0.25) is 5.91 Å². The van der Waals surface area contributed by atoms with E-state index in [0.29, 0.717) is 36.3 Å². The first-order chi connectivity index (χ1) is 19.5. The number of anilines is 1. The van der Waals surface area contributed by atoms with E-state index in [-0.39, 0.29) is 29.6 Å². The highest BCUT2D eigenvalue weighted by Crippen LogP contribution is 2.38. The van der Waals surface area contributed by atoms with Crippen LogP contribution in [-0.2, 0) is 17.6 Å². The van der Waals surface area contributed by atoms with Gasteiger partial charge < -0.3 is 15.1 Å². The molecule has 3 aromatic rings. The van der Waals surface area contributed by atoms with E-state index < -0.39 is 18.8 Å². The number of carbonyl (C=O) groups excluding carboxylic acids is 2. The molecule has 2 aliphatic heterocycles. The molecular weight excluding hydrogens is 599 g/mol. The van der Waals surface area contributed by atoms with Crippen molar-refractivity contribution in [1.82, 2.24) is 19.6 Å². The fourth-order valence-corrected chi connectivity index (χ4v) is 5.92. The largest absolute Gasteiger partial charge is 0.405 e. The molecule has 1 unspecified atom stereocenters. The number of aromatic nitrogens is 2. The minimum Gasteiger partial charge on any atom is -0.376 e. The van der Waals surface area contributed by atoms with Gasteiger partial charge in [0.1, 0.15) is 6.54 Å². The van der Waals surface area contributed by atoms with Crippen molar-refractivity contribution in [2.75, 3.05) is 31.5 Å². The van der Waals surface area contributed by atoms with Crippen molar-refractivity contribution < 1.29 is 22.8 Å². The standard InChI is InChI=1S/C30H31BrF3N5O2/c1-4-27(40)37-13-11-23-28-25(39(36-23)21-8-5-19(6-9-21)18(2)3)12-14-38(26(28)16-37)29(41)20-7-10-22(31)24(15-20)35-17-30(32,33)34/h4-10,15,18,26,35H,1,11-14,16-17H2,2-3H3. The van der Waals surface area contributed by atoms with Gasteiger partial charge in [0, 0.05) is 53.8 Å². The summed E-state index contributed by atoms with van der Waals surface area (Å²) in [5.74, 6) is -0.151. The third kappa shape index (κ3) is 5.91. The Labute approximate surface area is 245 Å². The number of halogens is 4. The minimum absolute atomic E-state index is 0.175. The van der Waals surface area contributed by atoms with Crippen LogP contribution in [0.2, 0.25) is 0 Å². The third-order valence-electron chi connectivity index (χ3n) is 7.65. The van der Waals surface area contributed by atoms with Crippen LogP contribution in [0.4, 0.5) is 18.9 Å². The molecule has 0 bridgehead atoms. The van der Waals surface area contributed by atoms with Crippen LogP contribution in [0.15, 0.2) is 59.6 Å². The number of hydrogen-bond acceptors (Lipinski definition) is 4. The second-order valence-electron chi connectivity index (χ2n) is 10.6. The van der Waals surface area contributed by atoms with Crippen molar-refractivity contribution in [3.8, 4) is 5.69 Å². The van der Waals surface area contributed by atoms with Crippen LogP contribution in [0, 0.1) is 0 Å². The molecule has 1 atom stereocenters. The Balaban J connectivity index is 1.52. The average molecular weight is 631 g/mol. The summed E-state index contributed by atoms with van der Waals surface area (Å²) < 4.78 is 40.9. The van der Waals surface area contributed by atoms with E-state index in [2.05, 4.69) is 65.9 Å². The highest BCUT2D eigenvalue weighted by atomic mass is 79.9. The molecule has 41 heavy (non-hydrogen) atoms. The van der Waals surface area contributed by atoms with Gasteiger partial charge >= 0.3 is 6.18 Å². The van der Waals surface area contributed by atoms with E-state index in [0.717, 1.165) is 22.6 Å². The molecule has 2 aliphatic rings. The number of hydrogen-bond donors (Lipinski definition) is 1. The van der Waals surface area contributed by atoms with Crippen LogP contribution in [0.3, 0.4) is 0 Å². The number of carbonyl (C=O) groups is 2. The van der Waals surface area contributed by atoms with Gasteiger partial charge in [-0.25, -0.2) is 4.68 Å². The van der Waals surface area contributed by atoms with Crippen LogP contribution in [0.5, 0.6) is 0 Å². The van der Waals surface area contributed by atoms with Gasteiger partial charge in [0.25, 0.3) is 5.91 Å².